The molecule has 9 heteroatoms. The summed E-state index contributed by atoms with van der Waals surface area (Å²) in [5.74, 6) is -0.128. The second-order valence-electron chi connectivity index (χ2n) is 7.70. The predicted molar refractivity (Wildman–Crippen MR) is 139 cm³/mol. The molecular formula is C25H30N6O2S. The summed E-state index contributed by atoms with van der Waals surface area (Å²) in [7, 11) is 0. The molecule has 178 valence electrons. The molecule has 2 amide bonds. The summed E-state index contributed by atoms with van der Waals surface area (Å²) in [5, 5.41) is 13.4. The van der Waals surface area contributed by atoms with E-state index in [1.807, 2.05) is 49.1 Å². The second kappa shape index (κ2) is 11.5. The monoisotopic (exact) mass is 478 g/mol. The number of rotatable bonds is 7. The number of amides is 2. The third-order valence-electron chi connectivity index (χ3n) is 5.26. The van der Waals surface area contributed by atoms with Crippen molar-refractivity contribution in [1.29, 1.82) is 0 Å². The van der Waals surface area contributed by atoms with E-state index in [0.29, 0.717) is 23.8 Å². The van der Waals surface area contributed by atoms with E-state index in [1.54, 1.807) is 36.0 Å². The van der Waals surface area contributed by atoms with Gasteiger partial charge in [-0.1, -0.05) is 6.07 Å². The molecule has 0 aliphatic rings. The molecule has 34 heavy (non-hydrogen) atoms. The minimum atomic E-state index is -0.306. The van der Waals surface area contributed by atoms with Gasteiger partial charge in [0.1, 0.15) is 0 Å². The number of guanidine groups is 1. The molecule has 3 N–H and O–H groups in total. The first kappa shape index (κ1) is 25.0. The van der Waals surface area contributed by atoms with Crippen molar-refractivity contribution in [2.24, 2.45) is 4.99 Å². The van der Waals surface area contributed by atoms with Crippen LogP contribution in [-0.2, 0) is 17.9 Å². The maximum atomic E-state index is 13.0. The van der Waals surface area contributed by atoms with Gasteiger partial charge >= 0.3 is 0 Å². The molecule has 0 fully saturated rings. The van der Waals surface area contributed by atoms with E-state index >= 15 is 0 Å². The number of nitrogens with zero attached hydrogens (tertiary/aromatic N) is 3. The zero-order valence-electron chi connectivity index (χ0n) is 20.1. The zero-order valence-corrected chi connectivity index (χ0v) is 20.9. The van der Waals surface area contributed by atoms with Gasteiger partial charge in [-0.25, -0.2) is 4.99 Å². The first-order chi connectivity index (χ1) is 16.3. The second-order valence-corrected chi connectivity index (χ2v) is 8.58. The topological polar surface area (TPSA) is 100 Å². The Labute approximate surface area is 204 Å². The highest BCUT2D eigenvalue weighted by Gasteiger charge is 2.13. The highest BCUT2D eigenvalue weighted by molar-refractivity contribution is 7.98. The number of anilines is 2. The van der Waals surface area contributed by atoms with Crippen LogP contribution in [0.1, 0.15) is 41.2 Å². The van der Waals surface area contributed by atoms with Crippen LogP contribution in [0, 0.1) is 13.8 Å². The van der Waals surface area contributed by atoms with Crippen molar-refractivity contribution < 1.29 is 9.59 Å². The van der Waals surface area contributed by atoms with Gasteiger partial charge in [-0.15, -0.1) is 11.8 Å². The van der Waals surface area contributed by atoms with Crippen molar-refractivity contribution in [2.75, 3.05) is 16.9 Å². The lowest BCUT2D eigenvalue weighted by atomic mass is 10.2. The van der Waals surface area contributed by atoms with Gasteiger partial charge in [-0.05, 0) is 69.5 Å². The number of thioether (sulfide) groups is 1. The molecule has 0 spiro atoms. The Kier molecular flexibility index (Phi) is 8.48. The molecule has 0 bridgehead atoms. The number of carbonyl (C=O) groups is 2. The van der Waals surface area contributed by atoms with Crippen molar-refractivity contribution in [2.45, 2.75) is 45.7 Å². The third-order valence-corrected chi connectivity index (χ3v) is 5.98. The molecular weight excluding hydrogens is 448 g/mol. The molecule has 3 rings (SSSR count). The molecule has 0 radical (unpaired) electrons. The molecule has 0 aliphatic carbocycles. The van der Waals surface area contributed by atoms with E-state index in [9.17, 15) is 9.59 Å². The number of hydrogen-bond donors (Lipinski definition) is 3. The Morgan fingerprint density at radius 1 is 1.06 bits per heavy atom. The Morgan fingerprint density at radius 2 is 1.79 bits per heavy atom. The van der Waals surface area contributed by atoms with Crippen LogP contribution in [-0.4, -0.2) is 33.8 Å². The predicted octanol–water partition coefficient (Wildman–Crippen LogP) is 4.60. The van der Waals surface area contributed by atoms with Crippen molar-refractivity contribution in [1.82, 2.24) is 15.1 Å². The Bertz CT molecular complexity index is 1200. The molecule has 0 unspecified atom stereocenters. The summed E-state index contributed by atoms with van der Waals surface area (Å²) in [4.78, 5) is 30.0. The average Bonchev–Trinajstić information content (AvgIpc) is 3.10. The first-order valence-electron chi connectivity index (χ1n) is 11.0. The summed E-state index contributed by atoms with van der Waals surface area (Å²) in [6.07, 6.45) is 2.01. The van der Waals surface area contributed by atoms with Crippen LogP contribution < -0.4 is 16.0 Å². The maximum absolute atomic E-state index is 13.0. The number of nitrogens with one attached hydrogen (secondary N) is 3. The molecule has 1 heterocycles. The van der Waals surface area contributed by atoms with E-state index in [-0.39, 0.29) is 11.8 Å². The lowest BCUT2D eigenvalue weighted by Crippen LogP contribution is -2.36. The summed E-state index contributed by atoms with van der Waals surface area (Å²) < 4.78 is 1.95. The smallest absolute Gasteiger partial charge is 0.257 e. The van der Waals surface area contributed by atoms with E-state index in [2.05, 4.69) is 28.0 Å². The quantitative estimate of drug-likeness (QED) is 0.262. The van der Waals surface area contributed by atoms with Crippen LogP contribution in [0.5, 0.6) is 0 Å². The minimum absolute atomic E-state index is 0.166. The number of carbonyl (C=O) groups excluding carboxylic acids is 2. The Balaban J connectivity index is 1.84. The first-order valence-corrected chi connectivity index (χ1v) is 12.2. The van der Waals surface area contributed by atoms with Crippen molar-refractivity contribution in [3.63, 3.8) is 0 Å². The standard InChI is InChI=1S/C25H30N6O2S/c1-6-31-17(3)23(16(2)30-31)15-26-25(28-21-8-7-9-22(14-21)34-5)29-24(33)19-10-12-20(13-11-19)27-18(4)32/h7-14H,6,15H2,1-5H3,(H,27,32)(H2,26,28,29,33). The molecule has 2 aromatic carbocycles. The van der Waals surface area contributed by atoms with Gasteiger partial charge in [0.05, 0.1) is 12.2 Å². The van der Waals surface area contributed by atoms with Crippen LogP contribution in [0.15, 0.2) is 58.4 Å². The number of aryl methyl sites for hydroxylation is 2. The van der Waals surface area contributed by atoms with Gasteiger partial charge in [0.25, 0.3) is 5.91 Å². The van der Waals surface area contributed by atoms with Crippen molar-refractivity contribution >= 4 is 40.9 Å². The van der Waals surface area contributed by atoms with E-state index in [1.165, 1.54) is 6.92 Å². The molecule has 0 saturated heterocycles. The van der Waals surface area contributed by atoms with Gasteiger partial charge in [-0.3, -0.25) is 19.6 Å². The van der Waals surface area contributed by atoms with Crippen molar-refractivity contribution in [3.8, 4) is 0 Å². The maximum Gasteiger partial charge on any atom is 0.257 e. The van der Waals surface area contributed by atoms with E-state index in [0.717, 1.165) is 34.1 Å². The van der Waals surface area contributed by atoms with Crippen LogP contribution in [0.2, 0.25) is 0 Å². The zero-order chi connectivity index (χ0) is 24.7. The SMILES string of the molecule is CCn1nc(C)c(CN=C(NC(=O)c2ccc(NC(C)=O)cc2)Nc2cccc(SC)c2)c1C. The largest absolute Gasteiger partial charge is 0.326 e. The van der Waals surface area contributed by atoms with Gasteiger partial charge in [-0.2, -0.15) is 5.10 Å². The fourth-order valence-corrected chi connectivity index (χ4v) is 3.92. The van der Waals surface area contributed by atoms with E-state index < -0.39 is 0 Å². The number of aromatic nitrogens is 2. The summed E-state index contributed by atoms with van der Waals surface area (Å²) in [6, 6.07) is 14.6. The fourth-order valence-electron chi connectivity index (χ4n) is 3.46. The van der Waals surface area contributed by atoms with Crippen LogP contribution in [0.3, 0.4) is 0 Å². The van der Waals surface area contributed by atoms with E-state index in [4.69, 9.17) is 4.99 Å². The normalized spacial score (nSPS) is 11.3. The lowest BCUT2D eigenvalue weighted by molar-refractivity contribution is -0.114. The summed E-state index contributed by atoms with van der Waals surface area (Å²) in [6.45, 7) is 8.65. The minimum Gasteiger partial charge on any atom is -0.326 e. The molecule has 0 saturated carbocycles. The molecule has 0 aliphatic heterocycles. The number of benzene rings is 2. The van der Waals surface area contributed by atoms with Gasteiger partial charge in [0, 0.05) is 46.6 Å². The third kappa shape index (κ3) is 6.48. The van der Waals surface area contributed by atoms with Crippen molar-refractivity contribution in [3.05, 3.63) is 71.0 Å². The number of hydrogen-bond acceptors (Lipinski definition) is 5. The van der Waals surface area contributed by atoms with Crippen LogP contribution in [0.25, 0.3) is 0 Å². The molecule has 1 aromatic heterocycles. The molecule has 3 aromatic rings. The Morgan fingerprint density at radius 3 is 2.41 bits per heavy atom. The van der Waals surface area contributed by atoms with Gasteiger partial charge < -0.3 is 10.6 Å². The van der Waals surface area contributed by atoms with Gasteiger partial charge in [0.2, 0.25) is 11.9 Å². The van der Waals surface area contributed by atoms with Gasteiger partial charge in [0.15, 0.2) is 0 Å². The highest BCUT2D eigenvalue weighted by Crippen LogP contribution is 2.19. The fraction of sp³-hybridized carbons (Fsp3) is 0.280. The molecule has 8 nitrogen and oxygen atoms in total. The molecule has 0 atom stereocenters. The summed E-state index contributed by atoms with van der Waals surface area (Å²) >= 11 is 1.64. The Hall–Kier alpha value is -3.59. The highest BCUT2D eigenvalue weighted by atomic mass is 32.2. The average molecular weight is 479 g/mol. The lowest BCUT2D eigenvalue weighted by Gasteiger charge is -2.13. The van der Waals surface area contributed by atoms with Crippen LogP contribution >= 0.6 is 11.8 Å². The number of aliphatic imine (C=N–C) groups is 1. The summed E-state index contributed by atoms with van der Waals surface area (Å²) in [5.41, 5.74) is 4.92. The van der Waals surface area contributed by atoms with Crippen LogP contribution in [0.4, 0.5) is 11.4 Å².